The number of hydrogen-bond donors (Lipinski definition) is 1. The molecule has 0 saturated carbocycles. The zero-order valence-corrected chi connectivity index (χ0v) is 19.0. The molecule has 0 aliphatic carbocycles. The molecule has 2 fully saturated rings. The second-order valence-electron chi connectivity index (χ2n) is 8.53. The molecule has 14 heteroatoms. The topological polar surface area (TPSA) is 138 Å². The van der Waals surface area contributed by atoms with Gasteiger partial charge in [-0.05, 0) is 20.8 Å². The van der Waals surface area contributed by atoms with Gasteiger partial charge in [0.1, 0.15) is 11.7 Å². The number of piperidine rings is 1. The first kappa shape index (κ1) is 26.6. The zero-order valence-electron chi connectivity index (χ0n) is 18.2. The van der Waals surface area contributed by atoms with Crippen LogP contribution in [-0.2, 0) is 38.6 Å². The van der Waals surface area contributed by atoms with Gasteiger partial charge in [-0.1, -0.05) is 0 Å². The molecule has 32 heavy (non-hydrogen) atoms. The van der Waals surface area contributed by atoms with Crippen LogP contribution in [0.2, 0.25) is 0 Å². The van der Waals surface area contributed by atoms with E-state index in [0.717, 1.165) is 0 Å². The summed E-state index contributed by atoms with van der Waals surface area (Å²) < 4.78 is 81.7. The summed E-state index contributed by atoms with van der Waals surface area (Å²) in [4.78, 5) is 25.1. The molecule has 0 aromatic heterocycles. The largest absolute Gasteiger partial charge is 0.458 e. The summed E-state index contributed by atoms with van der Waals surface area (Å²) in [6.07, 6.45) is -0.298. The quantitative estimate of drug-likeness (QED) is 0.304. The van der Waals surface area contributed by atoms with E-state index >= 15 is 0 Å². The number of amides is 1. The predicted molar refractivity (Wildman–Crippen MR) is 103 cm³/mol. The fourth-order valence-electron chi connectivity index (χ4n) is 3.00. The molecular formula is C18H29F2NO10S. The monoisotopic (exact) mass is 489 g/mol. The van der Waals surface area contributed by atoms with E-state index < -0.39 is 58.0 Å². The lowest BCUT2D eigenvalue weighted by Crippen LogP contribution is -2.48. The Morgan fingerprint density at radius 2 is 1.84 bits per heavy atom. The number of rotatable bonds is 8. The van der Waals surface area contributed by atoms with Crippen molar-refractivity contribution in [1.82, 2.24) is 4.90 Å². The average molecular weight is 489 g/mol. The molecule has 2 heterocycles. The molecule has 1 amide bonds. The van der Waals surface area contributed by atoms with Crippen molar-refractivity contribution in [3.63, 3.8) is 0 Å². The van der Waals surface area contributed by atoms with Crippen molar-refractivity contribution in [2.24, 2.45) is 0 Å². The van der Waals surface area contributed by atoms with Crippen molar-refractivity contribution in [3.8, 4) is 0 Å². The summed E-state index contributed by atoms with van der Waals surface area (Å²) >= 11 is 0. The third-order valence-electron chi connectivity index (χ3n) is 4.62. The molecule has 0 aromatic carbocycles. The normalized spacial score (nSPS) is 21.6. The summed E-state index contributed by atoms with van der Waals surface area (Å²) in [7, 11) is -5.67. The van der Waals surface area contributed by atoms with Crippen LogP contribution < -0.4 is 0 Å². The van der Waals surface area contributed by atoms with Crippen LogP contribution in [0.1, 0.15) is 40.0 Å². The average Bonchev–Trinajstić information content (AvgIpc) is 3.04. The van der Waals surface area contributed by atoms with Crippen molar-refractivity contribution < 1.29 is 55.0 Å². The van der Waals surface area contributed by atoms with Gasteiger partial charge in [0.25, 0.3) is 0 Å². The highest BCUT2D eigenvalue weighted by atomic mass is 32.2. The highest BCUT2D eigenvalue weighted by Crippen LogP contribution is 2.34. The molecule has 2 saturated heterocycles. The van der Waals surface area contributed by atoms with Crippen molar-refractivity contribution in [2.75, 3.05) is 39.5 Å². The minimum atomic E-state index is -5.67. The molecule has 0 bridgehead atoms. The number of carbonyl (C=O) groups is 2. The van der Waals surface area contributed by atoms with E-state index in [-0.39, 0.29) is 19.8 Å². The number of nitrogens with zero attached hydrogens (tertiary/aromatic N) is 1. The van der Waals surface area contributed by atoms with E-state index in [1.807, 2.05) is 0 Å². The maximum atomic E-state index is 13.0. The Morgan fingerprint density at radius 3 is 2.41 bits per heavy atom. The second-order valence-corrected chi connectivity index (χ2v) is 10.1. The highest BCUT2D eigenvalue weighted by Gasteiger charge is 2.46. The predicted octanol–water partition coefficient (Wildman–Crippen LogP) is 1.56. The van der Waals surface area contributed by atoms with Crippen LogP contribution in [0.25, 0.3) is 0 Å². The van der Waals surface area contributed by atoms with Gasteiger partial charge in [0, 0.05) is 25.9 Å². The maximum absolute atomic E-state index is 13.0. The Hall–Kier alpha value is -1.61. The number of halogens is 2. The standard InChI is InChI=1S/C18H29F2NO10S/c1-16(2,3)31-15(23)21-7-5-17(6-8-21)29-11-13(30-17)10-27-9-4-14(22)28-12-18(19,20)32(24,25)26/h13H,4-12H2,1-3H3,(H,24,25,26). The Bertz CT molecular complexity index is 775. The van der Waals surface area contributed by atoms with Gasteiger partial charge >= 0.3 is 27.4 Å². The minimum Gasteiger partial charge on any atom is -0.458 e. The number of ether oxygens (including phenoxy) is 5. The molecular weight excluding hydrogens is 460 g/mol. The summed E-state index contributed by atoms with van der Waals surface area (Å²) in [5.74, 6) is -1.93. The Kier molecular flexibility index (Phi) is 8.42. The van der Waals surface area contributed by atoms with Gasteiger partial charge in [-0.25, -0.2) is 4.79 Å². The first-order valence-electron chi connectivity index (χ1n) is 10.0. The van der Waals surface area contributed by atoms with E-state index in [2.05, 4.69) is 4.74 Å². The zero-order chi connectivity index (χ0) is 24.2. The van der Waals surface area contributed by atoms with E-state index in [4.69, 9.17) is 23.5 Å². The van der Waals surface area contributed by atoms with E-state index in [1.54, 1.807) is 25.7 Å². The van der Waals surface area contributed by atoms with E-state index in [0.29, 0.717) is 25.9 Å². The van der Waals surface area contributed by atoms with Crippen molar-refractivity contribution in [3.05, 3.63) is 0 Å². The van der Waals surface area contributed by atoms with Gasteiger partial charge in [-0.2, -0.15) is 17.2 Å². The van der Waals surface area contributed by atoms with Crippen LogP contribution in [0.4, 0.5) is 13.6 Å². The van der Waals surface area contributed by atoms with Gasteiger partial charge in [0.05, 0.1) is 26.2 Å². The lowest BCUT2D eigenvalue weighted by Gasteiger charge is -2.38. The molecule has 11 nitrogen and oxygen atoms in total. The molecule has 2 rings (SSSR count). The van der Waals surface area contributed by atoms with Crippen LogP contribution in [0.15, 0.2) is 0 Å². The molecule has 2 aliphatic rings. The number of carbonyl (C=O) groups excluding carboxylic acids is 2. The highest BCUT2D eigenvalue weighted by molar-refractivity contribution is 7.86. The van der Waals surface area contributed by atoms with Gasteiger partial charge in [-0.15, -0.1) is 0 Å². The summed E-state index contributed by atoms with van der Waals surface area (Å²) in [5, 5.41) is -4.58. The number of esters is 1. The second kappa shape index (κ2) is 10.1. The summed E-state index contributed by atoms with van der Waals surface area (Å²) in [6.45, 7) is 4.55. The molecule has 0 aromatic rings. The summed E-state index contributed by atoms with van der Waals surface area (Å²) in [6, 6.07) is 0. The van der Waals surface area contributed by atoms with Gasteiger partial charge in [0.2, 0.25) is 0 Å². The molecule has 1 N–H and O–H groups in total. The SMILES string of the molecule is CC(C)(C)OC(=O)N1CCC2(CC1)OCC(COCCC(=O)OCC(F)(F)S(=O)(=O)O)O2. The molecule has 1 unspecified atom stereocenters. The van der Waals surface area contributed by atoms with Crippen molar-refractivity contribution >= 4 is 22.2 Å². The maximum Gasteiger partial charge on any atom is 0.410 e. The van der Waals surface area contributed by atoms with E-state index in [1.165, 1.54) is 0 Å². The van der Waals surface area contributed by atoms with Crippen LogP contribution in [0, 0.1) is 0 Å². The Labute approximate surface area is 185 Å². The number of likely N-dealkylation sites (tertiary alicyclic amines) is 1. The van der Waals surface area contributed by atoms with Crippen LogP contribution in [0.5, 0.6) is 0 Å². The lowest BCUT2D eigenvalue weighted by molar-refractivity contribution is -0.197. The van der Waals surface area contributed by atoms with E-state index in [9.17, 15) is 26.8 Å². The lowest BCUT2D eigenvalue weighted by atomic mass is 10.0. The Balaban J connectivity index is 1.64. The third-order valence-corrected chi connectivity index (χ3v) is 5.50. The fourth-order valence-corrected chi connectivity index (χ4v) is 3.21. The number of hydrogen-bond acceptors (Lipinski definition) is 9. The van der Waals surface area contributed by atoms with Gasteiger partial charge in [0.15, 0.2) is 12.4 Å². The molecule has 1 atom stereocenters. The van der Waals surface area contributed by atoms with Gasteiger partial charge in [-0.3, -0.25) is 9.35 Å². The van der Waals surface area contributed by atoms with Crippen LogP contribution >= 0.6 is 0 Å². The first-order valence-corrected chi connectivity index (χ1v) is 11.4. The van der Waals surface area contributed by atoms with Crippen LogP contribution in [0.3, 0.4) is 0 Å². The number of alkyl halides is 2. The van der Waals surface area contributed by atoms with Crippen molar-refractivity contribution in [2.45, 2.75) is 62.8 Å². The summed E-state index contributed by atoms with van der Waals surface area (Å²) in [5.41, 5.74) is -0.584. The molecule has 2 aliphatic heterocycles. The molecule has 1 spiro atoms. The van der Waals surface area contributed by atoms with Crippen molar-refractivity contribution in [1.29, 1.82) is 0 Å². The Morgan fingerprint density at radius 1 is 1.22 bits per heavy atom. The van der Waals surface area contributed by atoms with Gasteiger partial charge < -0.3 is 28.6 Å². The minimum absolute atomic E-state index is 0.0754. The first-order chi connectivity index (χ1) is 14.6. The van der Waals surface area contributed by atoms with Crippen LogP contribution in [-0.4, -0.2) is 92.2 Å². The molecule has 0 radical (unpaired) electrons. The smallest absolute Gasteiger partial charge is 0.410 e. The fraction of sp³-hybridized carbons (Fsp3) is 0.889. The third kappa shape index (κ3) is 7.76. The molecule has 186 valence electrons.